The minimum absolute atomic E-state index is 0.302. The average Bonchev–Trinajstić information content (AvgIpc) is 2.12. The topological polar surface area (TPSA) is 0 Å². The standard InChI is InChI=1S/C14H28B2/c1-9(2)14(6,16)12-7-8-13(12,5)10(3)11(4)15/h10-12H,1,7-8,15-16H2,2-6H3/t10?,11-,12?,13-,14-/m1/s1. The van der Waals surface area contributed by atoms with E-state index in [0.717, 1.165) is 17.7 Å². The first-order valence-corrected chi connectivity index (χ1v) is 6.80. The highest BCUT2D eigenvalue weighted by Crippen LogP contribution is 2.63. The summed E-state index contributed by atoms with van der Waals surface area (Å²) < 4.78 is 0. The summed E-state index contributed by atoms with van der Waals surface area (Å²) in [6, 6.07) is 0. The summed E-state index contributed by atoms with van der Waals surface area (Å²) in [7, 11) is 4.74. The van der Waals surface area contributed by atoms with E-state index in [2.05, 4.69) is 56.9 Å². The Hall–Kier alpha value is -0.130. The quantitative estimate of drug-likeness (QED) is 0.502. The predicted octanol–water partition coefficient (Wildman–Crippen LogP) is 2.87. The van der Waals surface area contributed by atoms with Crippen molar-refractivity contribution in [2.45, 2.75) is 58.6 Å². The molecule has 16 heavy (non-hydrogen) atoms. The molecule has 0 amide bonds. The third-order valence-electron chi connectivity index (χ3n) is 5.78. The van der Waals surface area contributed by atoms with E-state index in [-0.39, 0.29) is 0 Å². The van der Waals surface area contributed by atoms with Crippen molar-refractivity contribution in [1.82, 2.24) is 0 Å². The second-order valence-corrected chi connectivity index (χ2v) is 7.13. The van der Waals surface area contributed by atoms with Crippen LogP contribution in [0.2, 0.25) is 11.1 Å². The van der Waals surface area contributed by atoms with Gasteiger partial charge in [0.05, 0.1) is 0 Å². The van der Waals surface area contributed by atoms with E-state index in [1.807, 2.05) is 0 Å². The summed E-state index contributed by atoms with van der Waals surface area (Å²) in [6.45, 7) is 16.1. The van der Waals surface area contributed by atoms with Crippen LogP contribution in [-0.2, 0) is 0 Å². The van der Waals surface area contributed by atoms with Gasteiger partial charge in [0, 0.05) is 0 Å². The Balaban J connectivity index is 2.90. The summed E-state index contributed by atoms with van der Waals surface area (Å²) in [4.78, 5) is 0. The zero-order valence-corrected chi connectivity index (χ0v) is 12.4. The van der Waals surface area contributed by atoms with Crippen molar-refractivity contribution >= 4 is 15.7 Å². The van der Waals surface area contributed by atoms with Crippen molar-refractivity contribution in [1.29, 1.82) is 0 Å². The molecule has 0 aliphatic heterocycles. The van der Waals surface area contributed by atoms with Crippen molar-refractivity contribution < 1.29 is 0 Å². The van der Waals surface area contributed by atoms with Gasteiger partial charge in [-0.05, 0) is 42.3 Å². The van der Waals surface area contributed by atoms with Crippen LogP contribution in [0.3, 0.4) is 0 Å². The first-order chi connectivity index (χ1) is 7.14. The summed E-state index contributed by atoms with van der Waals surface area (Å²) >= 11 is 0. The Labute approximate surface area is 104 Å². The Morgan fingerprint density at radius 3 is 2.25 bits per heavy atom. The van der Waals surface area contributed by atoms with Gasteiger partial charge in [-0.25, -0.2) is 0 Å². The fourth-order valence-corrected chi connectivity index (χ4v) is 3.53. The fourth-order valence-electron chi connectivity index (χ4n) is 3.53. The van der Waals surface area contributed by atoms with Crippen molar-refractivity contribution in [3.8, 4) is 0 Å². The van der Waals surface area contributed by atoms with E-state index >= 15 is 0 Å². The molecule has 0 aromatic rings. The van der Waals surface area contributed by atoms with E-state index in [4.69, 9.17) is 0 Å². The molecule has 1 fully saturated rings. The molecule has 1 aliphatic rings. The molecule has 5 atom stereocenters. The molecule has 90 valence electrons. The van der Waals surface area contributed by atoms with Crippen LogP contribution in [0.25, 0.3) is 0 Å². The summed E-state index contributed by atoms with van der Waals surface area (Å²) in [5.74, 6) is 2.41. The first kappa shape index (κ1) is 13.9. The number of allylic oxidation sites excluding steroid dienone is 1. The van der Waals surface area contributed by atoms with Crippen LogP contribution >= 0.6 is 0 Å². The van der Waals surface area contributed by atoms with Gasteiger partial charge >= 0.3 is 0 Å². The maximum atomic E-state index is 4.20. The Morgan fingerprint density at radius 2 is 2.00 bits per heavy atom. The van der Waals surface area contributed by atoms with Crippen LogP contribution in [0.15, 0.2) is 12.2 Å². The molecule has 1 aliphatic carbocycles. The van der Waals surface area contributed by atoms with E-state index in [1.165, 1.54) is 18.4 Å². The van der Waals surface area contributed by atoms with E-state index in [1.54, 1.807) is 0 Å². The molecule has 0 bridgehead atoms. The molecule has 0 N–H and O–H groups in total. The predicted molar refractivity (Wildman–Crippen MR) is 79.7 cm³/mol. The van der Waals surface area contributed by atoms with Gasteiger partial charge in [-0.1, -0.05) is 39.1 Å². The van der Waals surface area contributed by atoms with Crippen LogP contribution in [-0.4, -0.2) is 15.7 Å². The fraction of sp³-hybridized carbons (Fsp3) is 0.857. The summed E-state index contributed by atoms with van der Waals surface area (Å²) in [5, 5.41) is 0.302. The van der Waals surface area contributed by atoms with Gasteiger partial charge in [-0.2, -0.15) is 0 Å². The molecule has 2 heteroatoms. The third-order valence-corrected chi connectivity index (χ3v) is 5.78. The number of rotatable bonds is 4. The van der Waals surface area contributed by atoms with Crippen LogP contribution in [0.5, 0.6) is 0 Å². The Morgan fingerprint density at radius 1 is 1.50 bits per heavy atom. The largest absolute Gasteiger partial charge is 0.114 e. The van der Waals surface area contributed by atoms with Crippen molar-refractivity contribution in [3.63, 3.8) is 0 Å². The first-order valence-electron chi connectivity index (χ1n) is 6.80. The highest BCUT2D eigenvalue weighted by atomic mass is 14.6. The van der Waals surface area contributed by atoms with Gasteiger partial charge in [-0.15, -0.1) is 6.58 Å². The molecule has 1 rings (SSSR count). The van der Waals surface area contributed by atoms with E-state index < -0.39 is 0 Å². The highest BCUT2D eigenvalue weighted by molar-refractivity contribution is 6.17. The van der Waals surface area contributed by atoms with Gasteiger partial charge in [0.1, 0.15) is 15.7 Å². The minimum atomic E-state index is 0.302. The molecule has 0 aromatic carbocycles. The monoisotopic (exact) mass is 218 g/mol. The normalized spacial score (nSPS) is 36.9. The molecule has 0 spiro atoms. The average molecular weight is 218 g/mol. The van der Waals surface area contributed by atoms with E-state index in [0.29, 0.717) is 10.7 Å². The lowest BCUT2D eigenvalue weighted by Gasteiger charge is -2.59. The molecule has 0 nitrogen and oxygen atoms in total. The highest BCUT2D eigenvalue weighted by Gasteiger charge is 2.52. The maximum absolute atomic E-state index is 4.20. The molecule has 2 unspecified atom stereocenters. The zero-order chi connectivity index (χ0) is 12.7. The van der Waals surface area contributed by atoms with Gasteiger partial charge in [0.25, 0.3) is 0 Å². The molecule has 0 heterocycles. The Kier molecular flexibility index (Phi) is 3.72. The van der Waals surface area contributed by atoms with Crippen LogP contribution in [0.1, 0.15) is 47.5 Å². The van der Waals surface area contributed by atoms with Gasteiger partial charge in [0.2, 0.25) is 0 Å². The molecule has 1 saturated carbocycles. The lowest BCUT2D eigenvalue weighted by molar-refractivity contribution is -0.0263. The molecular formula is C14H28B2. The van der Waals surface area contributed by atoms with Gasteiger partial charge < -0.3 is 0 Å². The SMILES string of the molecule is B[C@H](C)C(C)[C@@]1(C)CCC1[C@@](B)(C)C(=C)C. The van der Waals surface area contributed by atoms with Gasteiger partial charge in [0.15, 0.2) is 0 Å². The molecule has 0 radical (unpaired) electrons. The smallest absolute Gasteiger partial charge is 0.100 e. The lowest BCUT2D eigenvalue weighted by atomic mass is 9.40. The molecular weight excluding hydrogens is 190 g/mol. The lowest BCUT2D eigenvalue weighted by Crippen LogP contribution is -2.49. The maximum Gasteiger partial charge on any atom is 0.114 e. The zero-order valence-electron chi connectivity index (χ0n) is 12.4. The number of hydrogen-bond donors (Lipinski definition) is 0. The van der Waals surface area contributed by atoms with E-state index in [9.17, 15) is 0 Å². The van der Waals surface area contributed by atoms with Crippen molar-refractivity contribution in [3.05, 3.63) is 12.2 Å². The second-order valence-electron chi connectivity index (χ2n) is 7.13. The van der Waals surface area contributed by atoms with Crippen LogP contribution in [0, 0.1) is 17.3 Å². The molecule has 0 aromatic heterocycles. The minimum Gasteiger partial charge on any atom is -0.100 e. The van der Waals surface area contributed by atoms with Crippen molar-refractivity contribution in [2.75, 3.05) is 0 Å². The summed E-state index contributed by atoms with van der Waals surface area (Å²) in [5.41, 5.74) is 1.87. The van der Waals surface area contributed by atoms with Crippen LogP contribution < -0.4 is 0 Å². The van der Waals surface area contributed by atoms with Crippen molar-refractivity contribution in [2.24, 2.45) is 17.3 Å². The molecule has 0 saturated heterocycles. The van der Waals surface area contributed by atoms with Crippen LogP contribution in [0.4, 0.5) is 0 Å². The summed E-state index contributed by atoms with van der Waals surface area (Å²) in [6.07, 6.45) is 2.78. The number of hydrogen-bond acceptors (Lipinski definition) is 0. The third kappa shape index (κ3) is 2.00. The van der Waals surface area contributed by atoms with Gasteiger partial charge in [-0.3, -0.25) is 0 Å². The Bertz CT molecular complexity index is 280. The second kappa shape index (κ2) is 4.27.